The number of aliphatic hydroxyl groups is 1. The van der Waals surface area contributed by atoms with Gasteiger partial charge in [-0.1, -0.05) is 0 Å². The van der Waals surface area contributed by atoms with Gasteiger partial charge in [0.1, 0.15) is 11.6 Å². The lowest BCUT2D eigenvalue weighted by atomic mass is 10.1. The van der Waals surface area contributed by atoms with Crippen molar-refractivity contribution in [1.82, 2.24) is 0 Å². The van der Waals surface area contributed by atoms with Gasteiger partial charge in [-0.3, -0.25) is 9.59 Å². The Morgan fingerprint density at radius 1 is 1.46 bits per heavy atom. The highest BCUT2D eigenvalue weighted by Crippen LogP contribution is 2.25. The number of hydrogen-bond donors (Lipinski definition) is 1. The largest absolute Gasteiger partial charge is 0.503 e. The molecule has 0 aliphatic heterocycles. The first-order valence-corrected chi connectivity index (χ1v) is 2.74. The number of aliphatic hydroxyl groups excluding tert-OH is 1. The molecule has 0 aromatic rings. The molecule has 0 amide bonds. The number of carbonyl (C=O) groups is 2. The highest BCUT2D eigenvalue weighted by atomic mass is 19.4. The molecule has 1 N–H and O–H groups in total. The summed E-state index contributed by atoms with van der Waals surface area (Å²) in [7, 11) is 0. The monoisotopic (exact) mass is 193 g/mol. The standard InChI is InChI=1S/C6H2F3NO3/c7-6(8,9)5(13)3(1-10)4(12)2-11/h2,13H. The predicted molar refractivity (Wildman–Crippen MR) is 32.4 cm³/mol. The van der Waals surface area contributed by atoms with Crippen molar-refractivity contribution in [1.29, 1.82) is 5.26 Å². The van der Waals surface area contributed by atoms with E-state index in [2.05, 4.69) is 0 Å². The summed E-state index contributed by atoms with van der Waals surface area (Å²) >= 11 is 0. The molecule has 0 saturated carbocycles. The van der Waals surface area contributed by atoms with Crippen molar-refractivity contribution in [2.24, 2.45) is 0 Å². The summed E-state index contributed by atoms with van der Waals surface area (Å²) in [5, 5.41) is 16.3. The zero-order chi connectivity index (χ0) is 10.6. The lowest BCUT2D eigenvalue weighted by Crippen LogP contribution is -2.17. The molecule has 13 heavy (non-hydrogen) atoms. The summed E-state index contributed by atoms with van der Waals surface area (Å²) in [6, 6.07) is 0.788. The number of alkyl halides is 3. The first-order valence-electron chi connectivity index (χ1n) is 2.74. The maximum Gasteiger partial charge on any atom is 0.450 e. The number of nitriles is 1. The van der Waals surface area contributed by atoms with Gasteiger partial charge < -0.3 is 5.11 Å². The van der Waals surface area contributed by atoms with E-state index in [0.717, 1.165) is 6.07 Å². The number of Topliss-reactive ketones (excluding diaryl/α,β-unsaturated/α-hetero) is 1. The third-order valence-electron chi connectivity index (χ3n) is 0.971. The number of ketones is 1. The van der Waals surface area contributed by atoms with Crippen molar-refractivity contribution in [2.45, 2.75) is 6.18 Å². The molecule has 70 valence electrons. The van der Waals surface area contributed by atoms with Crippen LogP contribution in [0, 0.1) is 11.3 Å². The van der Waals surface area contributed by atoms with Gasteiger partial charge in [0.05, 0.1) is 0 Å². The number of carbonyl (C=O) groups excluding carboxylic acids is 2. The molecule has 0 aromatic carbocycles. The van der Waals surface area contributed by atoms with E-state index in [0.29, 0.717) is 0 Å². The number of nitrogens with zero attached hydrogens (tertiary/aromatic N) is 1. The maximum absolute atomic E-state index is 11.7. The van der Waals surface area contributed by atoms with Crippen molar-refractivity contribution in [3.63, 3.8) is 0 Å². The minimum Gasteiger partial charge on any atom is -0.503 e. The third kappa shape index (κ3) is 2.59. The molecule has 0 aliphatic carbocycles. The van der Waals surface area contributed by atoms with Crippen molar-refractivity contribution in [2.75, 3.05) is 0 Å². The van der Waals surface area contributed by atoms with Crippen LogP contribution in [0.3, 0.4) is 0 Å². The second-order valence-corrected chi connectivity index (χ2v) is 1.82. The number of rotatable bonds is 2. The molecular weight excluding hydrogens is 191 g/mol. The summed E-state index contributed by atoms with van der Waals surface area (Å²) in [6.07, 6.45) is -5.69. The van der Waals surface area contributed by atoms with Gasteiger partial charge in [-0.05, 0) is 0 Å². The zero-order valence-electron chi connectivity index (χ0n) is 5.92. The smallest absolute Gasteiger partial charge is 0.450 e. The molecule has 0 aromatic heterocycles. The van der Waals surface area contributed by atoms with Crippen LogP contribution in [0.1, 0.15) is 0 Å². The molecule has 0 bridgehead atoms. The van der Waals surface area contributed by atoms with Gasteiger partial charge in [0.25, 0.3) is 0 Å². The van der Waals surface area contributed by atoms with E-state index in [9.17, 15) is 22.8 Å². The Kier molecular flexibility index (Phi) is 3.18. The second kappa shape index (κ2) is 3.71. The topological polar surface area (TPSA) is 78.2 Å². The van der Waals surface area contributed by atoms with Gasteiger partial charge in [-0.25, -0.2) is 0 Å². The van der Waals surface area contributed by atoms with E-state index in [1.807, 2.05) is 0 Å². The summed E-state index contributed by atoms with van der Waals surface area (Å²) in [6.45, 7) is 0. The van der Waals surface area contributed by atoms with Crippen molar-refractivity contribution in [3.05, 3.63) is 11.3 Å². The van der Waals surface area contributed by atoms with E-state index in [1.165, 1.54) is 0 Å². The molecule has 0 saturated heterocycles. The second-order valence-electron chi connectivity index (χ2n) is 1.82. The highest BCUT2D eigenvalue weighted by molar-refractivity contribution is 6.34. The van der Waals surface area contributed by atoms with Crippen LogP contribution in [0.2, 0.25) is 0 Å². The van der Waals surface area contributed by atoms with Gasteiger partial charge in [0.15, 0.2) is 6.29 Å². The normalized spacial score (nSPS) is 12.8. The lowest BCUT2D eigenvalue weighted by molar-refractivity contribution is -0.131. The Balaban J connectivity index is 5.30. The summed E-state index contributed by atoms with van der Waals surface area (Å²) in [4.78, 5) is 20.0. The fourth-order valence-corrected chi connectivity index (χ4v) is 0.425. The Bertz CT molecular complexity index is 310. The minimum absolute atomic E-state index is 0.486. The van der Waals surface area contributed by atoms with Crippen LogP contribution in [0.25, 0.3) is 0 Å². The fourth-order valence-electron chi connectivity index (χ4n) is 0.425. The Labute approximate surface area is 69.9 Å². The van der Waals surface area contributed by atoms with Crippen LogP contribution >= 0.6 is 0 Å². The predicted octanol–water partition coefficient (Wildman–Crippen LogP) is 0.652. The number of allylic oxidation sites excluding steroid dienone is 2. The SMILES string of the molecule is N#CC(C(=O)C=O)=C(O)C(F)(F)F. The van der Waals surface area contributed by atoms with Crippen LogP contribution in [-0.4, -0.2) is 23.4 Å². The van der Waals surface area contributed by atoms with Crippen LogP contribution in [-0.2, 0) is 9.59 Å². The highest BCUT2D eigenvalue weighted by Gasteiger charge is 2.38. The number of hydrogen-bond acceptors (Lipinski definition) is 4. The van der Waals surface area contributed by atoms with E-state index < -0.39 is 29.6 Å². The average molecular weight is 193 g/mol. The first kappa shape index (κ1) is 11.2. The number of halogens is 3. The molecule has 0 unspecified atom stereocenters. The average Bonchev–Trinajstić information content (AvgIpc) is 2.03. The molecule has 0 fully saturated rings. The van der Waals surface area contributed by atoms with Crippen molar-refractivity contribution >= 4 is 12.1 Å². The molecule has 0 heterocycles. The van der Waals surface area contributed by atoms with Gasteiger partial charge in [-0.15, -0.1) is 0 Å². The fraction of sp³-hybridized carbons (Fsp3) is 0.167. The van der Waals surface area contributed by atoms with Gasteiger partial charge >= 0.3 is 6.18 Å². The summed E-state index contributed by atoms with van der Waals surface area (Å²) in [5.74, 6) is -4.07. The Morgan fingerprint density at radius 3 is 2.15 bits per heavy atom. The molecule has 0 spiro atoms. The molecule has 0 radical (unpaired) electrons. The van der Waals surface area contributed by atoms with Crippen molar-refractivity contribution in [3.8, 4) is 6.07 Å². The zero-order valence-corrected chi connectivity index (χ0v) is 5.92. The van der Waals surface area contributed by atoms with Crippen LogP contribution < -0.4 is 0 Å². The van der Waals surface area contributed by atoms with Gasteiger partial charge in [0.2, 0.25) is 11.5 Å². The van der Waals surface area contributed by atoms with Gasteiger partial charge in [-0.2, -0.15) is 18.4 Å². The molecular formula is C6H2F3NO3. The van der Waals surface area contributed by atoms with Gasteiger partial charge in [0, 0.05) is 0 Å². The third-order valence-corrected chi connectivity index (χ3v) is 0.971. The lowest BCUT2D eigenvalue weighted by Gasteiger charge is -2.04. The quantitative estimate of drug-likeness (QED) is 0.229. The van der Waals surface area contributed by atoms with Crippen LogP contribution in [0.4, 0.5) is 13.2 Å². The summed E-state index contributed by atoms with van der Waals surface area (Å²) in [5.41, 5.74) is -1.61. The summed E-state index contributed by atoms with van der Waals surface area (Å²) < 4.78 is 35.0. The van der Waals surface area contributed by atoms with E-state index in [4.69, 9.17) is 10.4 Å². The Morgan fingerprint density at radius 2 is 1.92 bits per heavy atom. The molecule has 0 rings (SSSR count). The van der Waals surface area contributed by atoms with E-state index in [-0.39, 0.29) is 0 Å². The maximum atomic E-state index is 11.7. The molecule has 0 aliphatic rings. The Hall–Kier alpha value is -1.84. The molecule has 0 atom stereocenters. The number of aldehydes is 1. The molecule has 4 nitrogen and oxygen atoms in total. The van der Waals surface area contributed by atoms with E-state index >= 15 is 0 Å². The molecule has 7 heteroatoms. The minimum atomic E-state index is -5.20. The van der Waals surface area contributed by atoms with Crippen LogP contribution in [0.15, 0.2) is 11.3 Å². The van der Waals surface area contributed by atoms with E-state index in [1.54, 1.807) is 0 Å². The first-order chi connectivity index (χ1) is 5.84. The van der Waals surface area contributed by atoms with Crippen molar-refractivity contribution < 1.29 is 27.9 Å². The van der Waals surface area contributed by atoms with Crippen LogP contribution in [0.5, 0.6) is 0 Å².